The number of rotatable bonds is 4. The molecule has 1 N–H and O–H groups in total. The molecule has 0 fully saturated rings. The average molecular weight is 263 g/mol. The van der Waals surface area contributed by atoms with Gasteiger partial charge in [0.05, 0.1) is 5.56 Å². The molecule has 2 aromatic rings. The van der Waals surface area contributed by atoms with E-state index in [9.17, 15) is 4.79 Å². The molecule has 0 atom stereocenters. The van der Waals surface area contributed by atoms with Crippen LogP contribution in [0.2, 0.25) is 0 Å². The zero-order chi connectivity index (χ0) is 13.0. The van der Waals surface area contributed by atoms with Crippen LogP contribution in [0, 0.1) is 0 Å². The van der Waals surface area contributed by atoms with Gasteiger partial charge >= 0.3 is 5.97 Å². The van der Waals surface area contributed by atoms with E-state index in [0.717, 1.165) is 5.56 Å². The van der Waals surface area contributed by atoms with Crippen LogP contribution in [0.5, 0.6) is 5.75 Å². The molecular formula is C14H11ClO3. The Kier molecular flexibility index (Phi) is 3.85. The SMILES string of the molecule is O=C(O)c1ccccc1-c1ccc(OCCl)cc1. The van der Waals surface area contributed by atoms with Crippen molar-refractivity contribution in [3.05, 3.63) is 54.1 Å². The van der Waals surface area contributed by atoms with E-state index in [4.69, 9.17) is 21.4 Å². The molecule has 0 saturated carbocycles. The van der Waals surface area contributed by atoms with Crippen molar-refractivity contribution in [3.8, 4) is 16.9 Å². The first-order chi connectivity index (χ1) is 8.72. The summed E-state index contributed by atoms with van der Waals surface area (Å²) in [5, 5.41) is 9.12. The summed E-state index contributed by atoms with van der Waals surface area (Å²) in [6.07, 6.45) is 0. The first-order valence-electron chi connectivity index (χ1n) is 5.34. The molecule has 0 saturated heterocycles. The number of alkyl halides is 1. The molecule has 0 amide bonds. The standard InChI is InChI=1S/C14H11ClO3/c15-9-18-11-7-5-10(6-8-11)12-3-1-2-4-13(12)14(16)17/h1-8H,9H2,(H,16,17). The molecule has 0 aromatic heterocycles. The Labute approximate surface area is 110 Å². The van der Waals surface area contributed by atoms with Crippen LogP contribution in [0.25, 0.3) is 11.1 Å². The van der Waals surface area contributed by atoms with Crippen LogP contribution >= 0.6 is 11.6 Å². The van der Waals surface area contributed by atoms with Crippen molar-refractivity contribution >= 4 is 17.6 Å². The Hall–Kier alpha value is -2.00. The van der Waals surface area contributed by atoms with E-state index in [0.29, 0.717) is 11.3 Å². The van der Waals surface area contributed by atoms with Crippen molar-refractivity contribution in [1.82, 2.24) is 0 Å². The molecule has 0 aliphatic carbocycles. The Morgan fingerprint density at radius 3 is 2.39 bits per heavy atom. The van der Waals surface area contributed by atoms with Crippen molar-refractivity contribution in [1.29, 1.82) is 0 Å². The van der Waals surface area contributed by atoms with Gasteiger partial charge in [0.25, 0.3) is 0 Å². The minimum absolute atomic E-state index is 0.0884. The predicted octanol–water partition coefficient (Wildman–Crippen LogP) is 3.63. The van der Waals surface area contributed by atoms with Crippen LogP contribution in [0.15, 0.2) is 48.5 Å². The van der Waals surface area contributed by atoms with Crippen molar-refractivity contribution in [2.24, 2.45) is 0 Å². The van der Waals surface area contributed by atoms with E-state index in [1.807, 2.05) is 18.2 Å². The normalized spacial score (nSPS) is 10.1. The van der Waals surface area contributed by atoms with Gasteiger partial charge in [-0.25, -0.2) is 4.79 Å². The first-order valence-corrected chi connectivity index (χ1v) is 5.87. The second-order valence-corrected chi connectivity index (χ2v) is 3.85. The molecule has 0 bridgehead atoms. The molecule has 4 heteroatoms. The summed E-state index contributed by atoms with van der Waals surface area (Å²) < 4.78 is 5.12. The second kappa shape index (κ2) is 5.56. The lowest BCUT2D eigenvalue weighted by atomic mass is 10.00. The molecule has 0 aliphatic rings. The third-order valence-corrected chi connectivity index (χ3v) is 2.65. The maximum Gasteiger partial charge on any atom is 0.336 e. The zero-order valence-corrected chi connectivity index (χ0v) is 10.2. The number of benzene rings is 2. The smallest absolute Gasteiger partial charge is 0.336 e. The van der Waals surface area contributed by atoms with E-state index in [1.54, 1.807) is 30.3 Å². The van der Waals surface area contributed by atoms with Crippen LogP contribution in [0.3, 0.4) is 0 Å². The number of ether oxygens (including phenoxy) is 1. The summed E-state index contributed by atoms with van der Waals surface area (Å²) in [5.74, 6) is -0.284. The molecule has 0 aliphatic heterocycles. The topological polar surface area (TPSA) is 46.5 Å². The quantitative estimate of drug-likeness (QED) is 0.856. The fourth-order valence-electron chi connectivity index (χ4n) is 1.72. The molecule has 18 heavy (non-hydrogen) atoms. The lowest BCUT2D eigenvalue weighted by Crippen LogP contribution is -1.99. The molecule has 3 nitrogen and oxygen atoms in total. The Morgan fingerprint density at radius 1 is 1.11 bits per heavy atom. The molecule has 2 rings (SSSR count). The largest absolute Gasteiger partial charge is 0.478 e. The minimum Gasteiger partial charge on any atom is -0.478 e. The summed E-state index contributed by atoms with van der Waals surface area (Å²) in [6, 6.07) is 14.1. The number of hydrogen-bond acceptors (Lipinski definition) is 2. The van der Waals surface area contributed by atoms with Crippen molar-refractivity contribution < 1.29 is 14.6 Å². The van der Waals surface area contributed by atoms with Crippen molar-refractivity contribution in [3.63, 3.8) is 0 Å². The Morgan fingerprint density at radius 2 is 1.78 bits per heavy atom. The third kappa shape index (κ3) is 2.63. The number of aromatic carboxylic acids is 1. The van der Waals surface area contributed by atoms with E-state index in [2.05, 4.69) is 0 Å². The van der Waals surface area contributed by atoms with Crippen LogP contribution in [-0.4, -0.2) is 17.1 Å². The highest BCUT2D eigenvalue weighted by molar-refractivity contribution is 6.17. The molecule has 0 spiro atoms. The number of hydrogen-bond donors (Lipinski definition) is 1. The van der Waals surface area contributed by atoms with Gasteiger partial charge in [-0.3, -0.25) is 0 Å². The van der Waals surface area contributed by atoms with Gasteiger partial charge in [-0.15, -0.1) is 0 Å². The monoisotopic (exact) mass is 262 g/mol. The first kappa shape index (κ1) is 12.5. The Bertz CT molecular complexity index is 549. The molecule has 0 radical (unpaired) electrons. The van der Waals surface area contributed by atoms with Gasteiger partial charge in [-0.05, 0) is 29.3 Å². The lowest BCUT2D eigenvalue weighted by Gasteiger charge is -2.07. The van der Waals surface area contributed by atoms with E-state index < -0.39 is 5.97 Å². The highest BCUT2D eigenvalue weighted by Crippen LogP contribution is 2.25. The lowest BCUT2D eigenvalue weighted by molar-refractivity contribution is 0.0697. The molecule has 0 heterocycles. The number of carbonyl (C=O) groups is 1. The maximum atomic E-state index is 11.1. The summed E-state index contributed by atoms with van der Waals surface area (Å²) in [6.45, 7) is 0. The number of carboxylic acids is 1. The van der Waals surface area contributed by atoms with Crippen LogP contribution < -0.4 is 4.74 Å². The fourth-order valence-corrected chi connectivity index (χ4v) is 1.84. The maximum absolute atomic E-state index is 11.1. The van der Waals surface area contributed by atoms with Crippen LogP contribution in [-0.2, 0) is 0 Å². The molecule has 2 aromatic carbocycles. The van der Waals surface area contributed by atoms with Gasteiger partial charge in [0, 0.05) is 0 Å². The van der Waals surface area contributed by atoms with E-state index in [-0.39, 0.29) is 11.6 Å². The predicted molar refractivity (Wildman–Crippen MR) is 70.2 cm³/mol. The summed E-state index contributed by atoms with van der Waals surface area (Å²) in [4.78, 5) is 11.1. The second-order valence-electron chi connectivity index (χ2n) is 3.63. The van der Waals surface area contributed by atoms with Crippen molar-refractivity contribution in [2.75, 3.05) is 6.07 Å². The highest BCUT2D eigenvalue weighted by atomic mass is 35.5. The summed E-state index contributed by atoms with van der Waals surface area (Å²) >= 11 is 5.46. The van der Waals surface area contributed by atoms with E-state index >= 15 is 0 Å². The van der Waals surface area contributed by atoms with Gasteiger partial charge in [-0.1, -0.05) is 41.9 Å². The van der Waals surface area contributed by atoms with Gasteiger partial charge in [0.2, 0.25) is 0 Å². The highest BCUT2D eigenvalue weighted by Gasteiger charge is 2.10. The third-order valence-electron chi connectivity index (χ3n) is 2.54. The Balaban J connectivity index is 2.39. The fraction of sp³-hybridized carbons (Fsp3) is 0.0714. The average Bonchev–Trinajstić information content (AvgIpc) is 2.40. The van der Waals surface area contributed by atoms with Crippen LogP contribution in [0.4, 0.5) is 0 Å². The molecule has 0 unspecified atom stereocenters. The van der Waals surface area contributed by atoms with Gasteiger partial charge in [0.1, 0.15) is 5.75 Å². The molecular weight excluding hydrogens is 252 g/mol. The van der Waals surface area contributed by atoms with Gasteiger partial charge < -0.3 is 9.84 Å². The summed E-state index contributed by atoms with van der Waals surface area (Å²) in [7, 11) is 0. The summed E-state index contributed by atoms with van der Waals surface area (Å²) in [5.41, 5.74) is 1.79. The number of halogens is 1. The van der Waals surface area contributed by atoms with Crippen LogP contribution in [0.1, 0.15) is 10.4 Å². The minimum atomic E-state index is -0.938. The van der Waals surface area contributed by atoms with Gasteiger partial charge in [0.15, 0.2) is 6.07 Å². The van der Waals surface area contributed by atoms with Gasteiger partial charge in [-0.2, -0.15) is 0 Å². The number of carboxylic acid groups (broad SMARTS) is 1. The van der Waals surface area contributed by atoms with E-state index in [1.165, 1.54) is 0 Å². The molecule has 92 valence electrons. The van der Waals surface area contributed by atoms with Crippen molar-refractivity contribution in [2.45, 2.75) is 0 Å². The zero-order valence-electron chi connectivity index (χ0n) is 9.47.